The number of hydrogen-bond acceptors (Lipinski definition) is 4. The van der Waals surface area contributed by atoms with Gasteiger partial charge in [0.15, 0.2) is 5.16 Å². The molecule has 5 nitrogen and oxygen atoms in total. The van der Waals surface area contributed by atoms with E-state index in [1.165, 1.54) is 37.4 Å². The molecular formula is C21H29N3O2S. The van der Waals surface area contributed by atoms with E-state index in [1.807, 2.05) is 39.0 Å². The molecule has 1 aliphatic rings. The molecule has 0 unspecified atom stereocenters. The van der Waals surface area contributed by atoms with Crippen molar-refractivity contribution >= 4 is 28.6 Å². The molecular weight excluding hydrogens is 358 g/mol. The minimum absolute atomic E-state index is 0.0192. The maximum Gasteiger partial charge on any atom is 0.262 e. The Bertz CT molecular complexity index is 854. The smallest absolute Gasteiger partial charge is 0.262 e. The lowest BCUT2D eigenvalue weighted by molar-refractivity contribution is -0.121. The Morgan fingerprint density at radius 1 is 1.15 bits per heavy atom. The number of hydrogen-bond donors (Lipinski definition) is 1. The van der Waals surface area contributed by atoms with Crippen molar-refractivity contribution in [1.29, 1.82) is 0 Å². The summed E-state index contributed by atoms with van der Waals surface area (Å²) in [5.41, 5.74) is 0.632. The van der Waals surface area contributed by atoms with Gasteiger partial charge in [-0.2, -0.15) is 0 Å². The van der Waals surface area contributed by atoms with Gasteiger partial charge in [0.25, 0.3) is 5.56 Å². The number of aromatic nitrogens is 2. The standard InChI is InChI=1S/C21H29N3O2S/c1-14(2)24-20(26)17-12-8-9-13-18(17)23-21(24)27-15(3)19(25)22-16-10-6-4-5-7-11-16/h8-9,12-16H,4-7,10-11H2,1-3H3,(H,22,25)/t15-/m0/s1. The summed E-state index contributed by atoms with van der Waals surface area (Å²) in [6, 6.07) is 7.65. The molecule has 6 heteroatoms. The monoisotopic (exact) mass is 387 g/mol. The summed E-state index contributed by atoms with van der Waals surface area (Å²) in [4.78, 5) is 30.3. The number of rotatable bonds is 5. The summed E-state index contributed by atoms with van der Waals surface area (Å²) in [5.74, 6) is 0.0320. The molecule has 2 aromatic rings. The molecule has 1 aliphatic carbocycles. The number of amides is 1. The van der Waals surface area contributed by atoms with Gasteiger partial charge in [0.1, 0.15) is 0 Å². The van der Waals surface area contributed by atoms with Crippen LogP contribution in [0.4, 0.5) is 0 Å². The summed E-state index contributed by atoms with van der Waals surface area (Å²) in [5, 5.41) is 4.13. The molecule has 1 fully saturated rings. The van der Waals surface area contributed by atoms with Crippen molar-refractivity contribution in [1.82, 2.24) is 14.9 Å². The summed E-state index contributed by atoms with van der Waals surface area (Å²) in [6.45, 7) is 5.83. The molecule has 1 aromatic carbocycles. The Morgan fingerprint density at radius 2 is 1.81 bits per heavy atom. The summed E-state index contributed by atoms with van der Waals surface area (Å²) >= 11 is 1.37. The van der Waals surface area contributed by atoms with Gasteiger partial charge < -0.3 is 5.32 Å². The predicted octanol–water partition coefficient (Wildman–Crippen LogP) is 4.30. The molecule has 1 saturated carbocycles. The lowest BCUT2D eigenvalue weighted by atomic mass is 10.1. The topological polar surface area (TPSA) is 64.0 Å². The third kappa shape index (κ3) is 4.72. The molecule has 1 amide bonds. The van der Waals surface area contributed by atoms with Crippen molar-refractivity contribution in [2.75, 3.05) is 0 Å². The van der Waals surface area contributed by atoms with Crippen LogP contribution in [-0.2, 0) is 4.79 Å². The minimum Gasteiger partial charge on any atom is -0.352 e. The third-order valence-corrected chi connectivity index (χ3v) is 6.21. The molecule has 0 bridgehead atoms. The van der Waals surface area contributed by atoms with Crippen LogP contribution in [-0.4, -0.2) is 26.8 Å². The first-order chi connectivity index (χ1) is 13.0. The lowest BCUT2D eigenvalue weighted by Gasteiger charge is -2.21. The second kappa shape index (κ2) is 8.91. The fourth-order valence-electron chi connectivity index (χ4n) is 3.62. The van der Waals surface area contributed by atoms with Crippen LogP contribution in [0.2, 0.25) is 0 Å². The number of nitrogens with one attached hydrogen (secondary N) is 1. The van der Waals surface area contributed by atoms with Crippen molar-refractivity contribution in [3.63, 3.8) is 0 Å². The van der Waals surface area contributed by atoms with Crippen molar-refractivity contribution in [2.24, 2.45) is 0 Å². The summed E-state index contributed by atoms with van der Waals surface area (Å²) in [6.07, 6.45) is 7.02. The Labute approximate surface area is 164 Å². The van der Waals surface area contributed by atoms with Crippen LogP contribution in [0.5, 0.6) is 0 Å². The number of nitrogens with zero attached hydrogens (tertiary/aromatic N) is 2. The Morgan fingerprint density at radius 3 is 2.48 bits per heavy atom. The van der Waals surface area contributed by atoms with Gasteiger partial charge in [-0.05, 0) is 45.7 Å². The van der Waals surface area contributed by atoms with Crippen molar-refractivity contribution in [2.45, 2.75) is 81.8 Å². The number of para-hydroxylation sites is 1. The average Bonchev–Trinajstić information content (AvgIpc) is 2.90. The van der Waals surface area contributed by atoms with Gasteiger partial charge in [-0.15, -0.1) is 0 Å². The molecule has 0 spiro atoms. The molecule has 1 N–H and O–H groups in total. The first kappa shape index (κ1) is 19.9. The van der Waals surface area contributed by atoms with Gasteiger partial charge in [-0.3, -0.25) is 14.2 Å². The zero-order chi connectivity index (χ0) is 19.4. The third-order valence-electron chi connectivity index (χ3n) is 5.14. The van der Waals surface area contributed by atoms with E-state index in [0.717, 1.165) is 12.8 Å². The number of fused-ring (bicyclic) bond motifs is 1. The Kier molecular flexibility index (Phi) is 6.58. The maximum atomic E-state index is 12.9. The van der Waals surface area contributed by atoms with Crippen LogP contribution >= 0.6 is 11.8 Å². The number of carbonyl (C=O) groups is 1. The molecule has 0 aliphatic heterocycles. The first-order valence-electron chi connectivity index (χ1n) is 9.95. The van der Waals surface area contributed by atoms with Gasteiger partial charge in [0, 0.05) is 12.1 Å². The highest BCUT2D eigenvalue weighted by molar-refractivity contribution is 8.00. The lowest BCUT2D eigenvalue weighted by Crippen LogP contribution is -2.39. The summed E-state index contributed by atoms with van der Waals surface area (Å²) in [7, 11) is 0. The molecule has 1 heterocycles. The van der Waals surface area contributed by atoms with E-state index < -0.39 is 0 Å². The van der Waals surface area contributed by atoms with Crippen LogP contribution in [0.1, 0.15) is 65.3 Å². The van der Waals surface area contributed by atoms with Gasteiger partial charge in [-0.25, -0.2) is 4.98 Å². The average molecular weight is 388 g/mol. The highest BCUT2D eigenvalue weighted by Crippen LogP contribution is 2.25. The van der Waals surface area contributed by atoms with Crippen LogP contribution in [0, 0.1) is 0 Å². The number of thioether (sulfide) groups is 1. The van der Waals surface area contributed by atoms with Gasteiger partial charge in [0.05, 0.1) is 16.2 Å². The zero-order valence-electron chi connectivity index (χ0n) is 16.4. The van der Waals surface area contributed by atoms with E-state index in [0.29, 0.717) is 16.1 Å². The van der Waals surface area contributed by atoms with E-state index in [9.17, 15) is 9.59 Å². The van der Waals surface area contributed by atoms with Crippen LogP contribution in [0.25, 0.3) is 10.9 Å². The highest BCUT2D eigenvalue weighted by Gasteiger charge is 2.23. The molecule has 27 heavy (non-hydrogen) atoms. The fourth-order valence-corrected chi connectivity index (χ4v) is 4.67. The predicted molar refractivity (Wildman–Crippen MR) is 111 cm³/mol. The second-order valence-electron chi connectivity index (χ2n) is 7.64. The van der Waals surface area contributed by atoms with E-state index in [1.54, 1.807) is 10.6 Å². The van der Waals surface area contributed by atoms with E-state index >= 15 is 0 Å². The Hall–Kier alpha value is -1.82. The fraction of sp³-hybridized carbons (Fsp3) is 0.571. The molecule has 146 valence electrons. The van der Waals surface area contributed by atoms with Gasteiger partial charge >= 0.3 is 0 Å². The molecule has 1 aromatic heterocycles. The molecule has 0 radical (unpaired) electrons. The van der Waals surface area contributed by atoms with Crippen molar-refractivity contribution in [3.05, 3.63) is 34.6 Å². The van der Waals surface area contributed by atoms with Gasteiger partial charge in [0.2, 0.25) is 5.91 Å². The summed E-state index contributed by atoms with van der Waals surface area (Å²) < 4.78 is 1.70. The maximum absolute atomic E-state index is 12.9. The molecule has 1 atom stereocenters. The Balaban J connectivity index is 1.81. The SMILES string of the molecule is CC(C)n1c(S[C@@H](C)C(=O)NC2CCCCCC2)nc2ccccc2c1=O. The van der Waals surface area contributed by atoms with E-state index in [2.05, 4.69) is 10.3 Å². The molecule has 3 rings (SSSR count). The van der Waals surface area contributed by atoms with Crippen molar-refractivity contribution < 1.29 is 4.79 Å². The normalized spacial score (nSPS) is 17.0. The van der Waals surface area contributed by atoms with E-state index in [4.69, 9.17) is 0 Å². The van der Waals surface area contributed by atoms with Crippen LogP contribution in [0.15, 0.2) is 34.2 Å². The number of carbonyl (C=O) groups excluding carboxylic acids is 1. The van der Waals surface area contributed by atoms with Crippen molar-refractivity contribution in [3.8, 4) is 0 Å². The highest BCUT2D eigenvalue weighted by atomic mass is 32.2. The number of benzene rings is 1. The molecule has 0 saturated heterocycles. The quantitative estimate of drug-likeness (QED) is 0.472. The minimum atomic E-state index is -0.300. The first-order valence-corrected chi connectivity index (χ1v) is 10.8. The van der Waals surface area contributed by atoms with Crippen LogP contribution < -0.4 is 10.9 Å². The second-order valence-corrected chi connectivity index (χ2v) is 8.95. The van der Waals surface area contributed by atoms with Crippen LogP contribution in [0.3, 0.4) is 0 Å². The zero-order valence-corrected chi connectivity index (χ0v) is 17.2. The largest absolute Gasteiger partial charge is 0.352 e. The van der Waals surface area contributed by atoms with E-state index in [-0.39, 0.29) is 28.8 Å². The van der Waals surface area contributed by atoms with Gasteiger partial charge in [-0.1, -0.05) is 49.6 Å².